The third-order valence-electron chi connectivity index (χ3n) is 3.57. The van der Waals surface area contributed by atoms with Gasteiger partial charge in [-0.25, -0.2) is 0 Å². The van der Waals surface area contributed by atoms with Gasteiger partial charge in [-0.3, -0.25) is 0 Å². The minimum absolute atomic E-state index is 0.381. The van der Waals surface area contributed by atoms with E-state index in [4.69, 9.17) is 5.73 Å². The zero-order chi connectivity index (χ0) is 11.1. The summed E-state index contributed by atoms with van der Waals surface area (Å²) in [6, 6.07) is 0.381. The molecule has 0 saturated heterocycles. The molecule has 1 saturated carbocycles. The standard InChI is InChI=1S/C13H28N2/c1-3-15(11-13-8-6-9-13)10-5-4-7-12(2)14/h12-13H,3-11,14H2,1-2H3. The lowest BCUT2D eigenvalue weighted by Crippen LogP contribution is -2.33. The maximum absolute atomic E-state index is 5.74. The Labute approximate surface area is 95.2 Å². The van der Waals surface area contributed by atoms with Gasteiger partial charge in [-0.2, -0.15) is 0 Å². The summed E-state index contributed by atoms with van der Waals surface area (Å²) in [5, 5.41) is 0. The molecule has 15 heavy (non-hydrogen) atoms. The fourth-order valence-corrected chi connectivity index (χ4v) is 2.22. The number of nitrogens with zero attached hydrogens (tertiary/aromatic N) is 1. The van der Waals surface area contributed by atoms with Crippen LogP contribution in [0.5, 0.6) is 0 Å². The molecule has 0 radical (unpaired) electrons. The molecule has 0 aromatic rings. The van der Waals surface area contributed by atoms with Crippen LogP contribution >= 0.6 is 0 Å². The molecule has 2 heteroatoms. The van der Waals surface area contributed by atoms with E-state index in [9.17, 15) is 0 Å². The van der Waals surface area contributed by atoms with Gasteiger partial charge in [-0.05, 0) is 51.6 Å². The summed E-state index contributed by atoms with van der Waals surface area (Å²) in [7, 11) is 0. The van der Waals surface area contributed by atoms with Crippen molar-refractivity contribution in [3.63, 3.8) is 0 Å². The van der Waals surface area contributed by atoms with E-state index in [0.717, 1.165) is 5.92 Å². The predicted octanol–water partition coefficient (Wildman–Crippen LogP) is 2.63. The van der Waals surface area contributed by atoms with E-state index < -0.39 is 0 Å². The minimum atomic E-state index is 0.381. The van der Waals surface area contributed by atoms with Crippen LogP contribution in [0.15, 0.2) is 0 Å². The van der Waals surface area contributed by atoms with Crippen LogP contribution < -0.4 is 5.73 Å². The number of nitrogens with two attached hydrogens (primary N) is 1. The number of rotatable bonds is 8. The van der Waals surface area contributed by atoms with E-state index >= 15 is 0 Å². The second kappa shape index (κ2) is 7.24. The Bertz CT molecular complexity index is 153. The summed E-state index contributed by atoms with van der Waals surface area (Å²) in [6.45, 7) is 8.22. The number of hydrogen-bond acceptors (Lipinski definition) is 2. The predicted molar refractivity (Wildman–Crippen MR) is 67.0 cm³/mol. The van der Waals surface area contributed by atoms with Crippen LogP contribution in [-0.4, -0.2) is 30.6 Å². The Morgan fingerprint density at radius 3 is 2.53 bits per heavy atom. The average molecular weight is 212 g/mol. The van der Waals surface area contributed by atoms with Crippen molar-refractivity contribution >= 4 is 0 Å². The molecule has 2 nitrogen and oxygen atoms in total. The molecular formula is C13H28N2. The molecule has 1 unspecified atom stereocenters. The van der Waals surface area contributed by atoms with Crippen LogP contribution in [-0.2, 0) is 0 Å². The first-order chi connectivity index (χ1) is 7.22. The van der Waals surface area contributed by atoms with E-state index in [1.165, 1.54) is 58.2 Å². The molecule has 1 aliphatic carbocycles. The van der Waals surface area contributed by atoms with Crippen molar-refractivity contribution in [1.82, 2.24) is 4.90 Å². The lowest BCUT2D eigenvalue weighted by molar-refractivity contribution is 0.181. The van der Waals surface area contributed by atoms with Gasteiger partial charge in [0.2, 0.25) is 0 Å². The maximum Gasteiger partial charge on any atom is 0.00104 e. The Hall–Kier alpha value is -0.0800. The van der Waals surface area contributed by atoms with E-state index in [-0.39, 0.29) is 0 Å². The summed E-state index contributed by atoms with van der Waals surface area (Å²) in [4.78, 5) is 2.62. The van der Waals surface area contributed by atoms with Crippen molar-refractivity contribution < 1.29 is 0 Å². The SMILES string of the molecule is CCN(CCCCC(C)N)CC1CCC1. The molecule has 0 heterocycles. The summed E-state index contributed by atoms with van der Waals surface area (Å²) in [5.41, 5.74) is 5.74. The smallest absolute Gasteiger partial charge is 0.00104 e. The third-order valence-corrected chi connectivity index (χ3v) is 3.57. The topological polar surface area (TPSA) is 29.3 Å². The highest BCUT2D eigenvalue weighted by molar-refractivity contribution is 4.73. The monoisotopic (exact) mass is 212 g/mol. The molecule has 0 aromatic heterocycles. The van der Waals surface area contributed by atoms with E-state index in [1.54, 1.807) is 0 Å². The molecule has 1 rings (SSSR count). The molecule has 0 amide bonds. The van der Waals surface area contributed by atoms with Gasteiger partial charge in [0.1, 0.15) is 0 Å². The molecule has 2 N–H and O–H groups in total. The van der Waals surface area contributed by atoms with E-state index in [0.29, 0.717) is 6.04 Å². The second-order valence-corrected chi connectivity index (χ2v) is 5.16. The first-order valence-corrected chi connectivity index (χ1v) is 6.70. The third kappa shape index (κ3) is 5.53. The summed E-state index contributed by atoms with van der Waals surface area (Å²) in [5.74, 6) is 1.01. The van der Waals surface area contributed by atoms with Gasteiger partial charge in [0.25, 0.3) is 0 Å². The molecule has 0 bridgehead atoms. The minimum Gasteiger partial charge on any atom is -0.328 e. The van der Waals surface area contributed by atoms with Crippen LogP contribution in [0.3, 0.4) is 0 Å². The Kier molecular flexibility index (Phi) is 6.26. The normalized spacial score (nSPS) is 19.2. The number of hydrogen-bond donors (Lipinski definition) is 1. The van der Waals surface area contributed by atoms with Crippen molar-refractivity contribution in [3.8, 4) is 0 Å². The van der Waals surface area contributed by atoms with Crippen LogP contribution in [0.2, 0.25) is 0 Å². The Morgan fingerprint density at radius 2 is 2.07 bits per heavy atom. The van der Waals surface area contributed by atoms with E-state index in [1.807, 2.05) is 0 Å². The van der Waals surface area contributed by atoms with E-state index in [2.05, 4.69) is 18.7 Å². The van der Waals surface area contributed by atoms with Gasteiger partial charge in [0.15, 0.2) is 0 Å². The van der Waals surface area contributed by atoms with Crippen molar-refractivity contribution in [1.29, 1.82) is 0 Å². The van der Waals surface area contributed by atoms with Gasteiger partial charge >= 0.3 is 0 Å². The molecule has 0 aromatic carbocycles. The Morgan fingerprint density at radius 1 is 1.33 bits per heavy atom. The summed E-state index contributed by atoms with van der Waals surface area (Å²) in [6.07, 6.45) is 8.20. The molecule has 90 valence electrons. The molecular weight excluding hydrogens is 184 g/mol. The fraction of sp³-hybridized carbons (Fsp3) is 1.00. The van der Waals surface area contributed by atoms with Gasteiger partial charge in [0.05, 0.1) is 0 Å². The Balaban J connectivity index is 2.00. The second-order valence-electron chi connectivity index (χ2n) is 5.16. The van der Waals surface area contributed by atoms with Crippen LogP contribution in [0.25, 0.3) is 0 Å². The largest absolute Gasteiger partial charge is 0.328 e. The highest BCUT2D eigenvalue weighted by Crippen LogP contribution is 2.27. The van der Waals surface area contributed by atoms with Gasteiger partial charge in [-0.1, -0.05) is 19.8 Å². The van der Waals surface area contributed by atoms with Gasteiger partial charge in [-0.15, -0.1) is 0 Å². The fourth-order valence-electron chi connectivity index (χ4n) is 2.22. The highest BCUT2D eigenvalue weighted by atomic mass is 15.1. The average Bonchev–Trinajstić information content (AvgIpc) is 2.13. The van der Waals surface area contributed by atoms with Crippen LogP contribution in [0.4, 0.5) is 0 Å². The molecule has 0 aliphatic heterocycles. The molecule has 0 spiro atoms. The maximum atomic E-state index is 5.74. The quantitative estimate of drug-likeness (QED) is 0.627. The molecule has 1 fully saturated rings. The van der Waals surface area contributed by atoms with Crippen LogP contribution in [0, 0.1) is 5.92 Å². The first-order valence-electron chi connectivity index (χ1n) is 6.70. The zero-order valence-corrected chi connectivity index (χ0v) is 10.5. The highest BCUT2D eigenvalue weighted by Gasteiger charge is 2.19. The molecule has 1 aliphatic rings. The molecule has 1 atom stereocenters. The lowest BCUT2D eigenvalue weighted by atomic mass is 9.85. The van der Waals surface area contributed by atoms with Crippen LogP contribution in [0.1, 0.15) is 52.4 Å². The lowest BCUT2D eigenvalue weighted by Gasteiger charge is -2.31. The van der Waals surface area contributed by atoms with Gasteiger partial charge < -0.3 is 10.6 Å². The van der Waals surface area contributed by atoms with Gasteiger partial charge in [0, 0.05) is 12.6 Å². The first kappa shape index (κ1) is 13.0. The summed E-state index contributed by atoms with van der Waals surface area (Å²) < 4.78 is 0. The van der Waals surface area contributed by atoms with Crippen molar-refractivity contribution in [2.75, 3.05) is 19.6 Å². The number of unbranched alkanes of at least 4 members (excludes halogenated alkanes) is 1. The van der Waals surface area contributed by atoms with Crippen molar-refractivity contribution in [2.24, 2.45) is 11.7 Å². The van der Waals surface area contributed by atoms with Crippen molar-refractivity contribution in [3.05, 3.63) is 0 Å². The zero-order valence-electron chi connectivity index (χ0n) is 10.5. The van der Waals surface area contributed by atoms with Crippen molar-refractivity contribution in [2.45, 2.75) is 58.4 Å². The summed E-state index contributed by atoms with van der Waals surface area (Å²) >= 11 is 0.